The second-order valence-corrected chi connectivity index (χ2v) is 6.06. The first kappa shape index (κ1) is 16.6. The minimum absolute atomic E-state index is 0.169. The Morgan fingerprint density at radius 2 is 2.08 bits per heavy atom. The van der Waals surface area contributed by atoms with Gasteiger partial charge in [0.25, 0.3) is 5.91 Å². The van der Waals surface area contributed by atoms with Crippen LogP contribution in [0.5, 0.6) is 0 Å². The van der Waals surface area contributed by atoms with E-state index < -0.39 is 5.82 Å². The van der Waals surface area contributed by atoms with Crippen LogP contribution >= 0.6 is 0 Å². The Labute approximate surface area is 140 Å². The minimum Gasteiger partial charge on any atom is -0.392 e. The number of piperazine rings is 1. The van der Waals surface area contributed by atoms with Crippen molar-refractivity contribution in [3.63, 3.8) is 0 Å². The van der Waals surface area contributed by atoms with Gasteiger partial charge in [0.2, 0.25) is 0 Å². The fourth-order valence-corrected chi connectivity index (χ4v) is 2.93. The van der Waals surface area contributed by atoms with Crippen molar-refractivity contribution in [2.45, 2.75) is 13.0 Å². The van der Waals surface area contributed by atoms with E-state index in [4.69, 9.17) is 0 Å². The highest BCUT2D eigenvalue weighted by Gasteiger charge is 2.23. The standard InChI is InChI=1S/C17H21FN4O2/c1-13(23)12-20-7-9-21(10-8-20)17(24)14-3-4-16(15(18)11-14)22-6-2-5-19-22/h2-6,11,13,23H,7-10,12H2,1H3/t13-/m1/s1. The molecule has 7 heteroatoms. The third-order valence-electron chi connectivity index (χ3n) is 4.13. The number of aliphatic hydroxyl groups excluding tert-OH is 1. The van der Waals surface area contributed by atoms with Crippen LogP contribution in [0.15, 0.2) is 36.7 Å². The van der Waals surface area contributed by atoms with E-state index in [1.54, 1.807) is 42.4 Å². The van der Waals surface area contributed by atoms with Gasteiger partial charge in [0.05, 0.1) is 6.10 Å². The number of aromatic nitrogens is 2. The number of nitrogens with zero attached hydrogens (tertiary/aromatic N) is 4. The van der Waals surface area contributed by atoms with E-state index in [1.165, 1.54) is 10.7 Å². The number of hydrogen-bond acceptors (Lipinski definition) is 4. The number of amides is 1. The molecule has 1 fully saturated rings. The largest absolute Gasteiger partial charge is 0.392 e. The Bertz CT molecular complexity index is 695. The van der Waals surface area contributed by atoms with Crippen LogP contribution in [0.25, 0.3) is 5.69 Å². The summed E-state index contributed by atoms with van der Waals surface area (Å²) in [5.41, 5.74) is 0.658. The molecule has 0 saturated carbocycles. The summed E-state index contributed by atoms with van der Waals surface area (Å²) in [5, 5.41) is 13.4. The van der Waals surface area contributed by atoms with Gasteiger partial charge in [-0.2, -0.15) is 5.10 Å². The second-order valence-electron chi connectivity index (χ2n) is 6.06. The lowest BCUT2D eigenvalue weighted by Crippen LogP contribution is -2.50. The predicted molar refractivity (Wildman–Crippen MR) is 87.5 cm³/mol. The molecular weight excluding hydrogens is 311 g/mol. The predicted octanol–water partition coefficient (Wildman–Crippen LogP) is 1.15. The Kier molecular flexibility index (Phi) is 4.92. The van der Waals surface area contributed by atoms with E-state index in [0.717, 1.165) is 0 Å². The number of benzene rings is 1. The highest BCUT2D eigenvalue weighted by molar-refractivity contribution is 5.94. The molecule has 128 valence electrons. The van der Waals surface area contributed by atoms with Gasteiger partial charge < -0.3 is 10.0 Å². The van der Waals surface area contributed by atoms with Crippen LogP contribution in [0, 0.1) is 5.82 Å². The summed E-state index contributed by atoms with van der Waals surface area (Å²) < 4.78 is 15.7. The van der Waals surface area contributed by atoms with Gasteiger partial charge in [0.1, 0.15) is 11.5 Å². The number of aliphatic hydroxyl groups is 1. The summed E-state index contributed by atoms with van der Waals surface area (Å²) >= 11 is 0. The zero-order chi connectivity index (χ0) is 17.1. The third-order valence-corrected chi connectivity index (χ3v) is 4.13. The van der Waals surface area contributed by atoms with E-state index in [-0.39, 0.29) is 12.0 Å². The van der Waals surface area contributed by atoms with Crippen LogP contribution in [-0.2, 0) is 0 Å². The average Bonchev–Trinajstić information content (AvgIpc) is 3.08. The minimum atomic E-state index is -0.475. The van der Waals surface area contributed by atoms with Crippen LogP contribution < -0.4 is 0 Å². The van der Waals surface area contributed by atoms with E-state index in [0.29, 0.717) is 44.0 Å². The molecule has 0 bridgehead atoms. The van der Waals surface area contributed by atoms with Crippen molar-refractivity contribution < 1.29 is 14.3 Å². The molecule has 0 aliphatic carbocycles. The molecule has 6 nitrogen and oxygen atoms in total. The molecule has 2 heterocycles. The van der Waals surface area contributed by atoms with Gasteiger partial charge in [-0.1, -0.05) is 0 Å². The molecule has 0 radical (unpaired) electrons. The number of carbonyl (C=O) groups excluding carboxylic acids is 1. The van der Waals surface area contributed by atoms with Crippen LogP contribution in [0.1, 0.15) is 17.3 Å². The van der Waals surface area contributed by atoms with Gasteiger partial charge in [0.15, 0.2) is 0 Å². The highest BCUT2D eigenvalue weighted by atomic mass is 19.1. The maximum Gasteiger partial charge on any atom is 0.254 e. The molecule has 1 N–H and O–H groups in total. The summed E-state index contributed by atoms with van der Waals surface area (Å²) in [6.07, 6.45) is 2.85. The van der Waals surface area contributed by atoms with Crippen molar-refractivity contribution in [3.8, 4) is 5.69 Å². The number of halogens is 1. The van der Waals surface area contributed by atoms with Gasteiger partial charge in [-0.15, -0.1) is 0 Å². The Morgan fingerprint density at radius 3 is 2.67 bits per heavy atom. The third kappa shape index (κ3) is 3.63. The monoisotopic (exact) mass is 332 g/mol. The smallest absolute Gasteiger partial charge is 0.254 e. The highest BCUT2D eigenvalue weighted by Crippen LogP contribution is 2.16. The normalized spacial score (nSPS) is 17.0. The molecule has 1 aliphatic heterocycles. The van der Waals surface area contributed by atoms with Gasteiger partial charge in [-0.25, -0.2) is 9.07 Å². The first-order valence-electron chi connectivity index (χ1n) is 8.04. The van der Waals surface area contributed by atoms with Crippen molar-refractivity contribution in [1.29, 1.82) is 0 Å². The quantitative estimate of drug-likeness (QED) is 0.912. The van der Waals surface area contributed by atoms with Crippen molar-refractivity contribution in [1.82, 2.24) is 19.6 Å². The van der Waals surface area contributed by atoms with Crippen LogP contribution in [0.2, 0.25) is 0 Å². The molecule has 1 atom stereocenters. The van der Waals surface area contributed by atoms with Gasteiger partial charge >= 0.3 is 0 Å². The van der Waals surface area contributed by atoms with Crippen LogP contribution in [-0.4, -0.2) is 69.4 Å². The lowest BCUT2D eigenvalue weighted by molar-refractivity contribution is 0.0553. The molecule has 1 aliphatic rings. The Balaban J connectivity index is 1.67. The number of rotatable bonds is 4. The molecule has 1 amide bonds. The fraction of sp³-hybridized carbons (Fsp3) is 0.412. The molecule has 1 saturated heterocycles. The molecule has 0 unspecified atom stereocenters. The summed E-state index contributed by atoms with van der Waals surface area (Å²) in [7, 11) is 0. The maximum absolute atomic E-state index is 14.3. The Hall–Kier alpha value is -2.25. The summed E-state index contributed by atoms with van der Waals surface area (Å²) in [5.74, 6) is -0.644. The lowest BCUT2D eigenvalue weighted by atomic mass is 10.1. The van der Waals surface area contributed by atoms with Crippen LogP contribution in [0.4, 0.5) is 4.39 Å². The topological polar surface area (TPSA) is 61.6 Å². The van der Waals surface area contributed by atoms with Crippen molar-refractivity contribution in [2.24, 2.45) is 0 Å². The fourth-order valence-electron chi connectivity index (χ4n) is 2.93. The first-order valence-corrected chi connectivity index (χ1v) is 8.04. The lowest BCUT2D eigenvalue weighted by Gasteiger charge is -2.35. The zero-order valence-corrected chi connectivity index (χ0v) is 13.6. The van der Waals surface area contributed by atoms with E-state index in [1.807, 2.05) is 0 Å². The zero-order valence-electron chi connectivity index (χ0n) is 13.6. The number of hydrogen-bond donors (Lipinski definition) is 1. The summed E-state index contributed by atoms with van der Waals surface area (Å²) in [6, 6.07) is 6.18. The Morgan fingerprint density at radius 1 is 1.33 bits per heavy atom. The van der Waals surface area contributed by atoms with Gasteiger partial charge in [-0.05, 0) is 31.2 Å². The van der Waals surface area contributed by atoms with Crippen LogP contribution in [0.3, 0.4) is 0 Å². The van der Waals surface area contributed by atoms with Crippen molar-refractivity contribution >= 4 is 5.91 Å². The molecule has 24 heavy (non-hydrogen) atoms. The SMILES string of the molecule is C[C@@H](O)CN1CCN(C(=O)c2ccc(-n3cccn3)c(F)c2)CC1. The van der Waals surface area contributed by atoms with Crippen molar-refractivity contribution in [3.05, 3.63) is 48.0 Å². The molecule has 1 aromatic carbocycles. The number of β-amino-alcohol motifs (C(OH)–C–C–N with tert-alkyl or cyclic N) is 1. The molecule has 1 aromatic heterocycles. The molecule has 0 spiro atoms. The second kappa shape index (κ2) is 7.11. The molecule has 3 rings (SSSR count). The summed E-state index contributed by atoms with van der Waals surface area (Å²) in [4.78, 5) is 16.4. The summed E-state index contributed by atoms with van der Waals surface area (Å²) in [6.45, 7) is 4.94. The average molecular weight is 332 g/mol. The maximum atomic E-state index is 14.3. The van der Waals surface area contributed by atoms with Gasteiger partial charge in [-0.3, -0.25) is 9.69 Å². The first-order chi connectivity index (χ1) is 11.5. The van der Waals surface area contributed by atoms with E-state index in [9.17, 15) is 14.3 Å². The van der Waals surface area contributed by atoms with Gasteiger partial charge in [0, 0.05) is 50.7 Å². The molecular formula is C17H21FN4O2. The van der Waals surface area contributed by atoms with E-state index in [2.05, 4.69) is 10.00 Å². The van der Waals surface area contributed by atoms with E-state index >= 15 is 0 Å². The molecule has 2 aromatic rings. The number of carbonyl (C=O) groups is 1. The van der Waals surface area contributed by atoms with Crippen molar-refractivity contribution in [2.75, 3.05) is 32.7 Å².